The van der Waals surface area contributed by atoms with Crippen LogP contribution in [0.3, 0.4) is 0 Å². The fourth-order valence-corrected chi connectivity index (χ4v) is 5.98. The Kier molecular flexibility index (Phi) is 7.89. The van der Waals surface area contributed by atoms with Gasteiger partial charge in [-0.2, -0.15) is 0 Å². The Morgan fingerprint density at radius 3 is 2.57 bits per heavy atom. The van der Waals surface area contributed by atoms with E-state index in [0.717, 1.165) is 32.2 Å². The highest BCUT2D eigenvalue weighted by Gasteiger charge is 2.55. The Hall–Kier alpha value is -2.74. The molecule has 8 heteroatoms. The molecular weight excluding hydrogens is 447 g/mol. The molecule has 0 aliphatic carbocycles. The highest BCUT2D eigenvalue weighted by atomic mass is 19.1. The predicted octanol–water partition coefficient (Wildman–Crippen LogP) is 3.65. The first-order valence-corrected chi connectivity index (χ1v) is 12.9. The van der Waals surface area contributed by atoms with E-state index in [1.54, 1.807) is 23.1 Å². The first kappa shape index (κ1) is 25.4. The number of carbonyl (C=O) groups is 3. The van der Waals surface area contributed by atoms with Crippen molar-refractivity contribution in [3.63, 3.8) is 0 Å². The second kappa shape index (κ2) is 10.9. The molecule has 0 radical (unpaired) electrons. The van der Waals surface area contributed by atoms with Gasteiger partial charge in [0.2, 0.25) is 5.91 Å². The van der Waals surface area contributed by atoms with Gasteiger partial charge in [-0.15, -0.1) is 0 Å². The first-order valence-electron chi connectivity index (χ1n) is 12.9. The molecule has 0 aromatic heterocycles. The molecule has 190 valence electrons. The summed E-state index contributed by atoms with van der Waals surface area (Å²) in [5.74, 6) is -0.649. The van der Waals surface area contributed by atoms with Crippen molar-refractivity contribution >= 4 is 23.9 Å². The van der Waals surface area contributed by atoms with E-state index in [2.05, 4.69) is 17.3 Å². The van der Waals surface area contributed by atoms with Gasteiger partial charge in [-0.25, -0.2) is 9.18 Å². The number of urea groups is 1. The van der Waals surface area contributed by atoms with E-state index in [1.165, 1.54) is 23.1 Å². The fraction of sp³-hybridized carbons (Fsp3) is 0.593. The third-order valence-electron chi connectivity index (χ3n) is 8.02. The van der Waals surface area contributed by atoms with Gasteiger partial charge in [-0.05, 0) is 70.2 Å². The van der Waals surface area contributed by atoms with Gasteiger partial charge in [0, 0.05) is 37.3 Å². The summed E-state index contributed by atoms with van der Waals surface area (Å²) in [5, 5.41) is 3.09. The maximum absolute atomic E-state index is 13.8. The average Bonchev–Trinajstić information content (AvgIpc) is 3.37. The van der Waals surface area contributed by atoms with E-state index in [4.69, 9.17) is 0 Å². The molecule has 3 saturated heterocycles. The van der Waals surface area contributed by atoms with Crippen molar-refractivity contribution in [1.82, 2.24) is 20.0 Å². The van der Waals surface area contributed by atoms with Crippen molar-refractivity contribution < 1.29 is 18.8 Å². The number of nitrogens with zero attached hydrogens (tertiary/aromatic N) is 3. The minimum Gasteiger partial charge on any atom is -0.339 e. The Bertz CT molecular complexity index is 975. The van der Waals surface area contributed by atoms with E-state index in [-0.39, 0.29) is 29.6 Å². The first-order chi connectivity index (χ1) is 16.9. The summed E-state index contributed by atoms with van der Waals surface area (Å²) in [5.41, 5.74) is -0.508. The van der Waals surface area contributed by atoms with Gasteiger partial charge in [0.1, 0.15) is 11.4 Å². The van der Waals surface area contributed by atoms with E-state index in [0.29, 0.717) is 50.5 Å². The Balaban J connectivity index is 1.38. The maximum atomic E-state index is 13.8. The van der Waals surface area contributed by atoms with Gasteiger partial charge in [0.25, 0.3) is 5.91 Å². The number of amides is 4. The van der Waals surface area contributed by atoms with Crippen LogP contribution in [0.5, 0.6) is 0 Å². The smallest absolute Gasteiger partial charge is 0.325 e. The number of piperidine rings is 1. The van der Waals surface area contributed by atoms with Crippen molar-refractivity contribution in [2.45, 2.75) is 63.5 Å². The van der Waals surface area contributed by atoms with Crippen molar-refractivity contribution in [2.24, 2.45) is 5.92 Å². The zero-order chi connectivity index (χ0) is 25.0. The van der Waals surface area contributed by atoms with E-state index >= 15 is 0 Å². The quantitative estimate of drug-likeness (QED) is 0.452. The molecule has 4 amide bonds. The second-order valence-corrected chi connectivity index (χ2v) is 10.1. The van der Waals surface area contributed by atoms with Gasteiger partial charge in [-0.1, -0.05) is 31.5 Å². The molecule has 1 N–H and O–H groups in total. The molecule has 2 atom stereocenters. The number of likely N-dealkylation sites (tertiary alicyclic amines) is 2. The zero-order valence-corrected chi connectivity index (χ0v) is 20.8. The van der Waals surface area contributed by atoms with Crippen molar-refractivity contribution in [2.75, 3.05) is 33.2 Å². The standard InChI is InChI=1S/C27H37FN4O3/c1-3-15-27(25(34)32(26(35)29-27)19-14-22-8-6-16-30(22)2)21-12-17-31(18-13-21)24(33)11-10-20-7-4-5-9-23(20)28/h4-5,7,9-11,21-22H,3,6,8,12-19H2,1-2H3,(H,29,35). The van der Waals surface area contributed by atoms with Crippen LogP contribution in [0.15, 0.2) is 30.3 Å². The lowest BCUT2D eigenvalue weighted by Gasteiger charge is -2.40. The van der Waals surface area contributed by atoms with Crippen LogP contribution in [0.25, 0.3) is 6.08 Å². The van der Waals surface area contributed by atoms with Gasteiger partial charge >= 0.3 is 6.03 Å². The lowest BCUT2D eigenvalue weighted by Crippen LogP contribution is -2.56. The van der Waals surface area contributed by atoms with Crippen molar-refractivity contribution in [3.8, 4) is 0 Å². The molecule has 3 aliphatic rings. The molecule has 0 spiro atoms. The summed E-state index contributed by atoms with van der Waals surface area (Å²) < 4.78 is 13.8. The summed E-state index contributed by atoms with van der Waals surface area (Å²) in [6, 6.07) is 6.48. The topological polar surface area (TPSA) is 73.0 Å². The Morgan fingerprint density at radius 1 is 1.17 bits per heavy atom. The van der Waals surface area contributed by atoms with Crippen LogP contribution in [0.4, 0.5) is 9.18 Å². The number of imide groups is 1. The van der Waals surface area contributed by atoms with Crippen LogP contribution in [-0.4, -0.2) is 77.4 Å². The third-order valence-corrected chi connectivity index (χ3v) is 8.02. The van der Waals surface area contributed by atoms with Gasteiger partial charge in [-0.3, -0.25) is 14.5 Å². The van der Waals surface area contributed by atoms with Crippen molar-refractivity contribution in [3.05, 3.63) is 41.7 Å². The zero-order valence-electron chi connectivity index (χ0n) is 20.8. The Morgan fingerprint density at radius 2 is 1.91 bits per heavy atom. The van der Waals surface area contributed by atoms with E-state index < -0.39 is 5.54 Å². The van der Waals surface area contributed by atoms with Gasteiger partial charge < -0.3 is 15.1 Å². The third kappa shape index (κ3) is 5.27. The number of rotatable bonds is 8. The average molecular weight is 485 g/mol. The van der Waals surface area contributed by atoms with Crippen LogP contribution >= 0.6 is 0 Å². The number of halogens is 1. The van der Waals surface area contributed by atoms with E-state index in [1.807, 2.05) is 6.92 Å². The SMILES string of the molecule is CCCC1(C2CCN(C(=O)C=Cc3ccccc3F)CC2)NC(=O)N(CCC2CCCN2C)C1=O. The van der Waals surface area contributed by atoms with Crippen LogP contribution < -0.4 is 5.32 Å². The molecule has 1 aromatic carbocycles. The summed E-state index contributed by atoms with van der Waals surface area (Å²) in [6.07, 6.45) is 8.66. The molecule has 3 aliphatic heterocycles. The second-order valence-electron chi connectivity index (χ2n) is 10.1. The molecule has 0 bridgehead atoms. The monoisotopic (exact) mass is 484 g/mol. The largest absolute Gasteiger partial charge is 0.339 e. The van der Waals surface area contributed by atoms with Crippen LogP contribution in [0.1, 0.15) is 57.4 Å². The number of benzene rings is 1. The molecule has 1 aromatic rings. The number of nitrogens with one attached hydrogen (secondary N) is 1. The minimum atomic E-state index is -0.883. The fourth-order valence-electron chi connectivity index (χ4n) is 5.98. The lowest BCUT2D eigenvalue weighted by atomic mass is 9.74. The summed E-state index contributed by atoms with van der Waals surface area (Å²) >= 11 is 0. The lowest BCUT2D eigenvalue weighted by molar-refractivity contribution is -0.135. The summed E-state index contributed by atoms with van der Waals surface area (Å²) in [4.78, 5) is 44.7. The normalized spacial score (nSPS) is 26.2. The molecule has 3 fully saturated rings. The minimum absolute atomic E-state index is 0.0161. The van der Waals surface area contributed by atoms with Gasteiger partial charge in [0.15, 0.2) is 0 Å². The Labute approximate surface area is 207 Å². The summed E-state index contributed by atoms with van der Waals surface area (Å²) in [6.45, 7) is 4.56. The molecule has 35 heavy (non-hydrogen) atoms. The van der Waals surface area contributed by atoms with Gasteiger partial charge in [0.05, 0.1) is 0 Å². The van der Waals surface area contributed by atoms with Crippen molar-refractivity contribution in [1.29, 1.82) is 0 Å². The molecular formula is C27H37FN4O3. The van der Waals surface area contributed by atoms with Crippen LogP contribution in [-0.2, 0) is 9.59 Å². The number of hydrogen-bond donors (Lipinski definition) is 1. The molecule has 0 saturated carbocycles. The highest BCUT2D eigenvalue weighted by Crippen LogP contribution is 2.37. The highest BCUT2D eigenvalue weighted by molar-refractivity contribution is 6.07. The summed E-state index contributed by atoms with van der Waals surface area (Å²) in [7, 11) is 2.10. The van der Waals surface area contributed by atoms with Crippen LogP contribution in [0, 0.1) is 11.7 Å². The molecule has 4 rings (SSSR count). The molecule has 2 unspecified atom stereocenters. The van der Waals surface area contributed by atoms with Crippen LogP contribution in [0.2, 0.25) is 0 Å². The number of carbonyl (C=O) groups excluding carboxylic acids is 3. The maximum Gasteiger partial charge on any atom is 0.325 e. The molecule has 7 nitrogen and oxygen atoms in total. The molecule has 3 heterocycles. The predicted molar refractivity (Wildman–Crippen MR) is 133 cm³/mol. The van der Waals surface area contributed by atoms with E-state index in [9.17, 15) is 18.8 Å². The number of hydrogen-bond acceptors (Lipinski definition) is 4.